The summed E-state index contributed by atoms with van der Waals surface area (Å²) >= 11 is 0. The minimum absolute atomic E-state index is 0. The second-order valence-electron chi connectivity index (χ2n) is 3.75. The van der Waals surface area contributed by atoms with Crippen LogP contribution in [-0.2, 0) is 20.2 Å². The SMILES string of the molecule is O=S(=O)(O)c1cc2c(S(=O)(=O)O)cccc2cc1O.[NaH].[NaH]. The summed E-state index contributed by atoms with van der Waals surface area (Å²) in [6.07, 6.45) is 0. The van der Waals surface area contributed by atoms with E-state index in [1.807, 2.05) is 0 Å². The van der Waals surface area contributed by atoms with E-state index >= 15 is 0 Å². The minimum atomic E-state index is -4.71. The topological polar surface area (TPSA) is 129 Å². The van der Waals surface area contributed by atoms with E-state index < -0.39 is 35.8 Å². The third-order valence-corrected chi connectivity index (χ3v) is 4.27. The first kappa shape index (κ1) is 21.3. The number of phenols is 1. The molecule has 0 saturated carbocycles. The van der Waals surface area contributed by atoms with Crippen molar-refractivity contribution in [3.63, 3.8) is 0 Å². The predicted molar refractivity (Wildman–Crippen MR) is 79.5 cm³/mol. The maximum absolute atomic E-state index is 11.2. The van der Waals surface area contributed by atoms with E-state index in [0.717, 1.165) is 18.2 Å². The molecule has 2 aromatic carbocycles. The van der Waals surface area contributed by atoms with Gasteiger partial charge in [-0.2, -0.15) is 16.8 Å². The van der Waals surface area contributed by atoms with Crippen LogP contribution in [0, 0.1) is 0 Å². The van der Waals surface area contributed by atoms with Crippen LogP contribution in [0.5, 0.6) is 5.75 Å². The van der Waals surface area contributed by atoms with Gasteiger partial charge in [-0.15, -0.1) is 0 Å². The van der Waals surface area contributed by atoms with Gasteiger partial charge in [0.05, 0.1) is 0 Å². The number of phenolic OH excluding ortho intramolecular Hbond substituents is 1. The third-order valence-electron chi connectivity index (χ3n) is 2.48. The van der Waals surface area contributed by atoms with Crippen molar-refractivity contribution in [2.45, 2.75) is 9.79 Å². The summed E-state index contributed by atoms with van der Waals surface area (Å²) in [7, 11) is -9.28. The molecule has 0 amide bonds. The van der Waals surface area contributed by atoms with Gasteiger partial charge in [0.2, 0.25) is 0 Å². The van der Waals surface area contributed by atoms with Gasteiger partial charge in [0.15, 0.2) is 0 Å². The number of aromatic hydroxyl groups is 1. The fraction of sp³-hybridized carbons (Fsp3) is 0. The Kier molecular flexibility index (Phi) is 7.37. The Balaban J connectivity index is 0.00000200. The second-order valence-corrected chi connectivity index (χ2v) is 6.53. The molecule has 0 radical (unpaired) electrons. The van der Waals surface area contributed by atoms with Gasteiger partial charge in [-0.3, -0.25) is 9.11 Å². The van der Waals surface area contributed by atoms with Crippen molar-refractivity contribution in [2.24, 2.45) is 0 Å². The molecule has 2 rings (SSSR count). The first-order chi connectivity index (χ1) is 8.60. The summed E-state index contributed by atoms with van der Waals surface area (Å²) in [4.78, 5) is -1.36. The van der Waals surface area contributed by atoms with Crippen molar-refractivity contribution in [2.75, 3.05) is 0 Å². The molecule has 3 N–H and O–H groups in total. The predicted octanol–water partition coefficient (Wildman–Crippen LogP) is -0.258. The Morgan fingerprint density at radius 3 is 1.81 bits per heavy atom. The molecule has 0 bridgehead atoms. The molecule has 0 saturated heterocycles. The molecule has 21 heavy (non-hydrogen) atoms. The normalized spacial score (nSPS) is 11.5. The quantitative estimate of drug-likeness (QED) is 0.502. The Bertz CT molecular complexity index is 876. The van der Waals surface area contributed by atoms with Crippen LogP contribution in [0.4, 0.5) is 0 Å². The van der Waals surface area contributed by atoms with Crippen molar-refractivity contribution in [3.05, 3.63) is 30.3 Å². The van der Waals surface area contributed by atoms with E-state index in [1.165, 1.54) is 12.1 Å². The molecule has 7 nitrogen and oxygen atoms in total. The number of rotatable bonds is 2. The number of hydrogen-bond acceptors (Lipinski definition) is 5. The zero-order valence-electron chi connectivity index (χ0n) is 9.18. The molecule has 0 aromatic heterocycles. The van der Waals surface area contributed by atoms with Crippen LogP contribution >= 0.6 is 0 Å². The van der Waals surface area contributed by atoms with Crippen LogP contribution in [0.3, 0.4) is 0 Å². The summed E-state index contributed by atoms with van der Waals surface area (Å²) in [5.41, 5.74) is 0. The van der Waals surface area contributed by atoms with Gasteiger partial charge in [-0.05, 0) is 23.6 Å². The van der Waals surface area contributed by atoms with Crippen LogP contribution < -0.4 is 0 Å². The van der Waals surface area contributed by atoms with Gasteiger partial charge < -0.3 is 5.11 Å². The molecule has 0 aliphatic carbocycles. The summed E-state index contributed by atoms with van der Waals surface area (Å²) in [5, 5.41) is 9.55. The standard InChI is InChI=1S/C10H8O7S2.2Na.2H/c11-8-4-6-2-1-3-9(18(12,13)14)7(6)5-10(8)19(15,16)17;;;;/h1-5,11H,(H,12,13,14)(H,15,16,17);;;;. The van der Waals surface area contributed by atoms with Gasteiger partial charge in [-0.1, -0.05) is 12.1 Å². The molecule has 2 aromatic rings. The molecule has 11 heteroatoms. The summed E-state index contributed by atoms with van der Waals surface area (Å²) in [6.45, 7) is 0. The third kappa shape index (κ3) is 4.64. The zero-order chi connectivity index (χ0) is 14.4. The van der Waals surface area contributed by atoms with E-state index in [0.29, 0.717) is 0 Å². The number of hydrogen-bond donors (Lipinski definition) is 3. The molecule has 0 aliphatic heterocycles. The molecule has 0 aliphatic rings. The van der Waals surface area contributed by atoms with E-state index in [4.69, 9.17) is 9.11 Å². The van der Waals surface area contributed by atoms with Crippen molar-refractivity contribution >= 4 is 90.1 Å². The van der Waals surface area contributed by atoms with Gasteiger partial charge in [0, 0.05) is 5.39 Å². The van der Waals surface area contributed by atoms with E-state index in [9.17, 15) is 21.9 Å². The van der Waals surface area contributed by atoms with Gasteiger partial charge in [-0.25, -0.2) is 0 Å². The molecule has 0 unspecified atom stereocenters. The van der Waals surface area contributed by atoms with Crippen molar-refractivity contribution in [1.29, 1.82) is 0 Å². The average Bonchev–Trinajstić information content (AvgIpc) is 2.24. The van der Waals surface area contributed by atoms with E-state index in [-0.39, 0.29) is 69.9 Å². The molecule has 0 atom stereocenters. The second kappa shape index (κ2) is 7.26. The molecule has 0 spiro atoms. The molecule has 0 heterocycles. The fourth-order valence-corrected chi connectivity index (χ4v) is 2.99. The number of benzene rings is 2. The Morgan fingerprint density at radius 1 is 0.810 bits per heavy atom. The van der Waals surface area contributed by atoms with Crippen molar-refractivity contribution in [1.82, 2.24) is 0 Å². The van der Waals surface area contributed by atoms with Gasteiger partial charge in [0.25, 0.3) is 20.2 Å². The summed E-state index contributed by atoms with van der Waals surface area (Å²) < 4.78 is 62.4. The monoisotopic (exact) mass is 352 g/mol. The van der Waals surface area contributed by atoms with Crippen LogP contribution in [0.15, 0.2) is 40.1 Å². The molecule has 106 valence electrons. The number of fused-ring (bicyclic) bond motifs is 1. The Hall–Kier alpha value is 0.320. The summed E-state index contributed by atoms with van der Waals surface area (Å²) in [5.74, 6) is -0.720. The first-order valence-electron chi connectivity index (χ1n) is 4.81. The van der Waals surface area contributed by atoms with Crippen molar-refractivity contribution in [3.8, 4) is 5.75 Å². The Labute approximate surface area is 165 Å². The van der Waals surface area contributed by atoms with Crippen LogP contribution in [0.1, 0.15) is 0 Å². The maximum atomic E-state index is 11.2. The van der Waals surface area contributed by atoms with Crippen LogP contribution in [-0.4, -0.2) is 90.2 Å². The van der Waals surface area contributed by atoms with Crippen LogP contribution in [0.25, 0.3) is 10.8 Å². The Morgan fingerprint density at radius 2 is 1.33 bits per heavy atom. The van der Waals surface area contributed by atoms with Gasteiger partial charge in [0.1, 0.15) is 15.5 Å². The van der Waals surface area contributed by atoms with Crippen LogP contribution in [0.2, 0.25) is 0 Å². The van der Waals surface area contributed by atoms with E-state index in [2.05, 4.69) is 0 Å². The fourth-order valence-electron chi connectivity index (χ4n) is 1.70. The zero-order valence-corrected chi connectivity index (χ0v) is 10.8. The molecular weight excluding hydrogens is 342 g/mol. The van der Waals surface area contributed by atoms with Crippen molar-refractivity contribution < 1.29 is 31.0 Å². The van der Waals surface area contributed by atoms with Gasteiger partial charge >= 0.3 is 59.1 Å². The molecular formula is C10H10Na2O7S2. The summed E-state index contributed by atoms with van der Waals surface area (Å²) in [6, 6.07) is 5.56. The first-order valence-corrected chi connectivity index (χ1v) is 7.69. The van der Waals surface area contributed by atoms with E-state index in [1.54, 1.807) is 0 Å². The molecule has 0 fully saturated rings. The average molecular weight is 352 g/mol.